The number of ether oxygens (including phenoxy) is 2. The van der Waals surface area contributed by atoms with Crippen LogP contribution < -0.4 is 4.74 Å². The van der Waals surface area contributed by atoms with Crippen molar-refractivity contribution >= 4 is 5.97 Å². The smallest absolute Gasteiger partial charge is 0.302 e. The number of carbonyl (C=O) groups is 1. The van der Waals surface area contributed by atoms with Gasteiger partial charge in [0.1, 0.15) is 23.9 Å². The first-order valence-electron chi connectivity index (χ1n) is 6.18. The molecule has 0 aliphatic carbocycles. The Morgan fingerprint density at radius 3 is 2.48 bits per heavy atom. The van der Waals surface area contributed by atoms with Crippen LogP contribution in [0.1, 0.15) is 18.1 Å². The number of nitrogens with zero attached hydrogens (tertiary/aromatic N) is 1. The Morgan fingerprint density at radius 1 is 1.19 bits per heavy atom. The summed E-state index contributed by atoms with van der Waals surface area (Å²) in [5, 5.41) is 8.72. The average molecular weight is 285 g/mol. The normalized spacial score (nSPS) is 9.76. The van der Waals surface area contributed by atoms with Gasteiger partial charge in [-0.05, 0) is 42.5 Å². The van der Waals surface area contributed by atoms with Gasteiger partial charge in [-0.15, -0.1) is 0 Å². The highest BCUT2D eigenvalue weighted by Crippen LogP contribution is 2.24. The van der Waals surface area contributed by atoms with Gasteiger partial charge in [0, 0.05) is 12.5 Å². The van der Waals surface area contributed by atoms with Crippen molar-refractivity contribution < 1.29 is 18.7 Å². The summed E-state index contributed by atoms with van der Waals surface area (Å²) in [6.45, 7) is 1.11. The zero-order valence-electron chi connectivity index (χ0n) is 11.3. The molecule has 0 amide bonds. The van der Waals surface area contributed by atoms with Crippen molar-refractivity contribution in [2.45, 2.75) is 13.5 Å². The molecule has 0 spiro atoms. The van der Waals surface area contributed by atoms with E-state index in [0.29, 0.717) is 17.1 Å². The van der Waals surface area contributed by atoms with Gasteiger partial charge >= 0.3 is 5.97 Å². The summed E-state index contributed by atoms with van der Waals surface area (Å²) in [5.41, 5.74) is 0.758. The zero-order valence-corrected chi connectivity index (χ0v) is 11.3. The number of carbonyl (C=O) groups excluding carboxylic acids is 1. The molecule has 0 unspecified atom stereocenters. The second kappa shape index (κ2) is 6.53. The van der Waals surface area contributed by atoms with Crippen molar-refractivity contribution in [2.75, 3.05) is 0 Å². The van der Waals surface area contributed by atoms with Crippen molar-refractivity contribution in [2.24, 2.45) is 0 Å². The molecule has 0 bridgehead atoms. The van der Waals surface area contributed by atoms with Crippen molar-refractivity contribution in [3.8, 4) is 17.6 Å². The summed E-state index contributed by atoms with van der Waals surface area (Å²) in [4.78, 5) is 10.8. The van der Waals surface area contributed by atoms with E-state index in [2.05, 4.69) is 0 Å². The first-order chi connectivity index (χ1) is 10.1. The first-order valence-corrected chi connectivity index (χ1v) is 6.18. The van der Waals surface area contributed by atoms with Crippen molar-refractivity contribution in [1.29, 1.82) is 5.26 Å². The number of nitriles is 1. The van der Waals surface area contributed by atoms with Gasteiger partial charge < -0.3 is 9.47 Å². The summed E-state index contributed by atoms with van der Waals surface area (Å²) in [7, 11) is 0. The van der Waals surface area contributed by atoms with Gasteiger partial charge in [-0.2, -0.15) is 5.26 Å². The van der Waals surface area contributed by atoms with E-state index in [-0.39, 0.29) is 12.2 Å². The highest BCUT2D eigenvalue weighted by atomic mass is 19.1. The third kappa shape index (κ3) is 4.05. The van der Waals surface area contributed by atoms with Crippen molar-refractivity contribution in [1.82, 2.24) is 0 Å². The maximum atomic E-state index is 13.6. The number of rotatable bonds is 4. The number of hydrogen-bond donors (Lipinski definition) is 0. The summed E-state index contributed by atoms with van der Waals surface area (Å²) in [5.74, 6) is -0.00135. The van der Waals surface area contributed by atoms with Crippen molar-refractivity contribution in [3.05, 3.63) is 59.4 Å². The van der Waals surface area contributed by atoms with Gasteiger partial charge in [0.25, 0.3) is 0 Å². The molecule has 0 heterocycles. The van der Waals surface area contributed by atoms with E-state index in [0.717, 1.165) is 0 Å². The fourth-order valence-electron chi connectivity index (χ4n) is 1.64. The minimum Gasteiger partial charge on any atom is -0.461 e. The Bertz CT molecular complexity index is 690. The van der Waals surface area contributed by atoms with Gasteiger partial charge in [0.05, 0.1) is 11.6 Å². The quantitative estimate of drug-likeness (QED) is 0.806. The second-order valence-corrected chi connectivity index (χ2v) is 4.27. The molecule has 0 N–H and O–H groups in total. The summed E-state index contributed by atoms with van der Waals surface area (Å²) < 4.78 is 23.9. The molecule has 0 atom stereocenters. The van der Waals surface area contributed by atoms with Crippen LogP contribution in [0, 0.1) is 17.1 Å². The number of benzene rings is 2. The van der Waals surface area contributed by atoms with E-state index >= 15 is 0 Å². The molecule has 2 aromatic rings. The van der Waals surface area contributed by atoms with Crippen LogP contribution in [0.15, 0.2) is 42.5 Å². The lowest BCUT2D eigenvalue weighted by Crippen LogP contribution is -2.01. The van der Waals surface area contributed by atoms with E-state index < -0.39 is 11.8 Å². The van der Waals surface area contributed by atoms with Crippen LogP contribution in [0.2, 0.25) is 0 Å². The maximum absolute atomic E-state index is 13.6. The van der Waals surface area contributed by atoms with Gasteiger partial charge in [-0.25, -0.2) is 4.39 Å². The molecule has 0 saturated heterocycles. The molecule has 4 nitrogen and oxygen atoms in total. The SMILES string of the molecule is CC(=O)OCc1cc(Oc2ccc(C#N)cc2)ccc1F. The van der Waals surface area contributed by atoms with Crippen LogP contribution >= 0.6 is 0 Å². The predicted molar refractivity (Wildman–Crippen MR) is 73.1 cm³/mol. The molecule has 0 aromatic heterocycles. The fraction of sp³-hybridized carbons (Fsp3) is 0.125. The van der Waals surface area contributed by atoms with Crippen LogP contribution in [0.3, 0.4) is 0 Å². The second-order valence-electron chi connectivity index (χ2n) is 4.27. The maximum Gasteiger partial charge on any atom is 0.302 e. The van der Waals surface area contributed by atoms with Crippen molar-refractivity contribution in [3.63, 3.8) is 0 Å². The summed E-state index contributed by atoms with van der Waals surface area (Å²) in [6, 6.07) is 12.7. The lowest BCUT2D eigenvalue weighted by Gasteiger charge is -2.09. The summed E-state index contributed by atoms with van der Waals surface area (Å²) >= 11 is 0. The van der Waals surface area contributed by atoms with Gasteiger partial charge in [0.15, 0.2) is 0 Å². The van der Waals surface area contributed by atoms with Gasteiger partial charge in [-0.3, -0.25) is 4.79 Å². The van der Waals surface area contributed by atoms with E-state index in [9.17, 15) is 9.18 Å². The molecule has 2 rings (SSSR count). The van der Waals surface area contributed by atoms with Crippen LogP contribution in [0.25, 0.3) is 0 Å². The van der Waals surface area contributed by atoms with E-state index in [4.69, 9.17) is 14.7 Å². The molecule has 5 heteroatoms. The number of hydrogen-bond acceptors (Lipinski definition) is 4. The van der Waals surface area contributed by atoms with Crippen LogP contribution in [-0.4, -0.2) is 5.97 Å². The molecule has 0 saturated carbocycles. The number of esters is 1. The standard InChI is InChI=1S/C16H12FNO3/c1-11(19)20-10-13-8-15(6-7-16(13)17)21-14-4-2-12(9-18)3-5-14/h2-8H,10H2,1H3. The molecule has 106 valence electrons. The molecule has 0 fully saturated rings. The van der Waals surface area contributed by atoms with Gasteiger partial charge in [0.2, 0.25) is 0 Å². The highest BCUT2D eigenvalue weighted by molar-refractivity contribution is 5.65. The van der Waals surface area contributed by atoms with Crippen LogP contribution in [-0.2, 0) is 16.1 Å². The third-order valence-electron chi connectivity index (χ3n) is 2.67. The van der Waals surface area contributed by atoms with E-state index in [1.54, 1.807) is 24.3 Å². The molecule has 0 radical (unpaired) electrons. The van der Waals surface area contributed by atoms with E-state index in [1.807, 2.05) is 6.07 Å². The Labute approximate surface area is 121 Å². The first kappa shape index (κ1) is 14.5. The minimum atomic E-state index is -0.479. The monoisotopic (exact) mass is 285 g/mol. The molecule has 0 aliphatic rings. The largest absolute Gasteiger partial charge is 0.461 e. The minimum absolute atomic E-state index is 0.147. The zero-order chi connectivity index (χ0) is 15.2. The van der Waals surface area contributed by atoms with Crippen LogP contribution in [0.4, 0.5) is 4.39 Å². The lowest BCUT2D eigenvalue weighted by atomic mass is 10.2. The molecular formula is C16H12FNO3. The fourth-order valence-corrected chi connectivity index (χ4v) is 1.64. The third-order valence-corrected chi connectivity index (χ3v) is 2.67. The Morgan fingerprint density at radius 2 is 1.86 bits per heavy atom. The predicted octanol–water partition coefficient (Wildman–Crippen LogP) is 3.55. The Balaban J connectivity index is 2.14. The Kier molecular flexibility index (Phi) is 4.52. The van der Waals surface area contributed by atoms with E-state index in [1.165, 1.54) is 25.1 Å². The van der Waals surface area contributed by atoms with Crippen LogP contribution in [0.5, 0.6) is 11.5 Å². The number of halogens is 1. The average Bonchev–Trinajstić information content (AvgIpc) is 2.48. The molecule has 0 aliphatic heterocycles. The Hall–Kier alpha value is -2.87. The highest BCUT2D eigenvalue weighted by Gasteiger charge is 2.07. The molecular weight excluding hydrogens is 273 g/mol. The topological polar surface area (TPSA) is 59.3 Å². The molecule has 21 heavy (non-hydrogen) atoms. The molecule has 2 aromatic carbocycles. The summed E-state index contributed by atoms with van der Waals surface area (Å²) in [6.07, 6.45) is 0. The lowest BCUT2D eigenvalue weighted by molar-refractivity contribution is -0.142. The van der Waals surface area contributed by atoms with Gasteiger partial charge in [-0.1, -0.05) is 0 Å².